The number of nitrogens with zero attached hydrogens (tertiary/aromatic N) is 2. The molecule has 1 aliphatic heterocycles. The third-order valence-electron chi connectivity index (χ3n) is 3.88. The summed E-state index contributed by atoms with van der Waals surface area (Å²) >= 11 is 6.03. The lowest BCUT2D eigenvalue weighted by molar-refractivity contribution is 0.0628. The van der Waals surface area contributed by atoms with Gasteiger partial charge in [-0.2, -0.15) is 0 Å². The van der Waals surface area contributed by atoms with Gasteiger partial charge in [-0.05, 0) is 13.0 Å². The molecule has 1 fully saturated rings. The number of halogens is 1. The van der Waals surface area contributed by atoms with Crippen LogP contribution in [-0.2, 0) is 16.1 Å². The SMILES string of the molecule is CC(C[C]=O)N1CCN(C(=O)OCc2ccccc2Cl)CC1. The lowest BCUT2D eigenvalue weighted by Crippen LogP contribution is -2.51. The molecule has 1 unspecified atom stereocenters. The molecule has 1 saturated heterocycles. The standard InChI is InChI=1S/C16H20ClN2O3/c1-13(6-11-20)18-7-9-19(10-8-18)16(21)22-12-14-4-2-3-5-15(14)17/h2-5,13H,6-10,12H2,1H3. The molecule has 0 spiro atoms. The minimum absolute atomic E-state index is 0.166. The zero-order chi connectivity index (χ0) is 15.9. The smallest absolute Gasteiger partial charge is 0.410 e. The Balaban J connectivity index is 1.78. The van der Waals surface area contributed by atoms with Gasteiger partial charge in [-0.1, -0.05) is 29.8 Å². The van der Waals surface area contributed by atoms with Crippen molar-refractivity contribution >= 4 is 24.0 Å². The molecule has 1 heterocycles. The number of benzene rings is 1. The van der Waals surface area contributed by atoms with Crippen LogP contribution in [0.5, 0.6) is 0 Å². The summed E-state index contributed by atoms with van der Waals surface area (Å²) < 4.78 is 5.31. The molecule has 0 aliphatic carbocycles. The van der Waals surface area contributed by atoms with Crippen molar-refractivity contribution in [2.24, 2.45) is 0 Å². The van der Waals surface area contributed by atoms with E-state index in [0.29, 0.717) is 24.5 Å². The molecule has 6 heteroatoms. The first-order valence-electron chi connectivity index (χ1n) is 7.36. The molecule has 0 saturated carbocycles. The van der Waals surface area contributed by atoms with Gasteiger partial charge in [0.05, 0.1) is 0 Å². The number of carbonyl (C=O) groups is 1. The van der Waals surface area contributed by atoms with Gasteiger partial charge in [0.1, 0.15) is 6.61 Å². The Hall–Kier alpha value is -1.59. The number of amides is 1. The molecule has 1 aromatic rings. The minimum atomic E-state index is -0.325. The van der Waals surface area contributed by atoms with Crippen LogP contribution in [0.4, 0.5) is 4.79 Å². The number of piperazine rings is 1. The molecule has 5 nitrogen and oxygen atoms in total. The predicted octanol–water partition coefficient (Wildman–Crippen LogP) is 2.48. The maximum atomic E-state index is 12.1. The van der Waals surface area contributed by atoms with Gasteiger partial charge in [0, 0.05) is 49.2 Å². The normalized spacial score (nSPS) is 17.1. The minimum Gasteiger partial charge on any atom is -0.444 e. The average molecular weight is 324 g/mol. The number of carbonyl (C=O) groups excluding carboxylic acids is 2. The second kappa shape index (κ2) is 8.15. The molecule has 1 radical (unpaired) electrons. The van der Waals surface area contributed by atoms with Gasteiger partial charge in [-0.15, -0.1) is 0 Å². The highest BCUT2D eigenvalue weighted by atomic mass is 35.5. The molecule has 0 aromatic heterocycles. The quantitative estimate of drug-likeness (QED) is 0.835. The Labute approximate surface area is 135 Å². The van der Waals surface area contributed by atoms with E-state index in [0.717, 1.165) is 18.7 Å². The van der Waals surface area contributed by atoms with Crippen LogP contribution in [0.3, 0.4) is 0 Å². The Kier molecular flexibility index (Phi) is 6.21. The van der Waals surface area contributed by atoms with Crippen LogP contribution >= 0.6 is 11.6 Å². The van der Waals surface area contributed by atoms with Crippen molar-refractivity contribution in [3.05, 3.63) is 34.9 Å². The van der Waals surface area contributed by atoms with E-state index in [1.165, 1.54) is 0 Å². The first-order chi connectivity index (χ1) is 10.6. The van der Waals surface area contributed by atoms with Gasteiger partial charge < -0.3 is 9.64 Å². The van der Waals surface area contributed by atoms with E-state index in [1.54, 1.807) is 11.0 Å². The summed E-state index contributed by atoms with van der Waals surface area (Å²) in [4.78, 5) is 26.4. The summed E-state index contributed by atoms with van der Waals surface area (Å²) in [6, 6.07) is 7.48. The molecular formula is C16H20ClN2O3. The van der Waals surface area contributed by atoms with Gasteiger partial charge in [-0.25, -0.2) is 4.79 Å². The van der Waals surface area contributed by atoms with Crippen LogP contribution in [0.1, 0.15) is 18.9 Å². The van der Waals surface area contributed by atoms with Crippen molar-refractivity contribution in [3.63, 3.8) is 0 Å². The van der Waals surface area contributed by atoms with Gasteiger partial charge in [0.15, 0.2) is 6.29 Å². The van der Waals surface area contributed by atoms with Crippen LogP contribution in [0.25, 0.3) is 0 Å². The second-order valence-corrected chi connectivity index (χ2v) is 5.77. The maximum Gasteiger partial charge on any atom is 0.410 e. The number of hydrogen-bond donors (Lipinski definition) is 0. The van der Waals surface area contributed by atoms with Gasteiger partial charge in [0.25, 0.3) is 0 Å². The summed E-state index contributed by atoms with van der Waals surface area (Å²) in [5, 5.41) is 0.596. The molecule has 22 heavy (non-hydrogen) atoms. The van der Waals surface area contributed by atoms with Crippen molar-refractivity contribution in [1.82, 2.24) is 9.80 Å². The molecule has 1 aromatic carbocycles. The largest absolute Gasteiger partial charge is 0.444 e. The van der Waals surface area contributed by atoms with Crippen LogP contribution in [0, 0.1) is 0 Å². The topological polar surface area (TPSA) is 49.9 Å². The van der Waals surface area contributed by atoms with E-state index in [2.05, 4.69) is 4.90 Å². The molecule has 1 atom stereocenters. The Morgan fingerprint density at radius 1 is 1.32 bits per heavy atom. The monoisotopic (exact) mass is 323 g/mol. The van der Waals surface area contributed by atoms with Gasteiger partial charge >= 0.3 is 6.09 Å². The summed E-state index contributed by atoms with van der Waals surface area (Å²) in [7, 11) is 0. The molecule has 0 N–H and O–H groups in total. The van der Waals surface area contributed by atoms with E-state index < -0.39 is 0 Å². The third kappa shape index (κ3) is 4.45. The van der Waals surface area contributed by atoms with Crippen molar-refractivity contribution in [2.45, 2.75) is 26.0 Å². The highest BCUT2D eigenvalue weighted by molar-refractivity contribution is 6.31. The third-order valence-corrected chi connectivity index (χ3v) is 4.25. The fourth-order valence-electron chi connectivity index (χ4n) is 2.44. The molecule has 1 aliphatic rings. The average Bonchev–Trinajstić information content (AvgIpc) is 2.54. The maximum absolute atomic E-state index is 12.1. The molecule has 119 valence electrons. The molecule has 1 amide bonds. The first kappa shape index (κ1) is 16.8. The fraction of sp³-hybridized carbons (Fsp3) is 0.500. The van der Waals surface area contributed by atoms with Crippen molar-refractivity contribution in [2.75, 3.05) is 26.2 Å². The number of ether oxygens (including phenoxy) is 1. The van der Waals surface area contributed by atoms with E-state index >= 15 is 0 Å². The van der Waals surface area contributed by atoms with Crippen LogP contribution < -0.4 is 0 Å². The van der Waals surface area contributed by atoms with E-state index in [9.17, 15) is 9.59 Å². The zero-order valence-electron chi connectivity index (χ0n) is 12.6. The van der Waals surface area contributed by atoms with Gasteiger partial charge in [-0.3, -0.25) is 9.69 Å². The lowest BCUT2D eigenvalue weighted by atomic mass is 10.2. The van der Waals surface area contributed by atoms with Crippen molar-refractivity contribution < 1.29 is 14.3 Å². The van der Waals surface area contributed by atoms with Crippen LogP contribution in [-0.4, -0.2) is 54.4 Å². The molecule has 0 bridgehead atoms. The summed E-state index contributed by atoms with van der Waals surface area (Å²) in [6.07, 6.45) is 2.01. The summed E-state index contributed by atoms with van der Waals surface area (Å²) in [5.74, 6) is 0. The molecule has 2 rings (SSSR count). The summed E-state index contributed by atoms with van der Waals surface area (Å²) in [6.45, 7) is 4.86. The van der Waals surface area contributed by atoms with E-state index in [1.807, 2.05) is 31.4 Å². The molecular weight excluding hydrogens is 304 g/mol. The summed E-state index contributed by atoms with van der Waals surface area (Å²) in [5.41, 5.74) is 0.797. The Bertz CT molecular complexity index is 516. The number of rotatable bonds is 5. The Morgan fingerprint density at radius 3 is 2.64 bits per heavy atom. The van der Waals surface area contributed by atoms with Crippen molar-refractivity contribution in [1.29, 1.82) is 0 Å². The second-order valence-electron chi connectivity index (χ2n) is 5.37. The van der Waals surface area contributed by atoms with E-state index in [-0.39, 0.29) is 18.7 Å². The highest BCUT2D eigenvalue weighted by Crippen LogP contribution is 2.16. The van der Waals surface area contributed by atoms with Crippen LogP contribution in [0.15, 0.2) is 24.3 Å². The van der Waals surface area contributed by atoms with Gasteiger partial charge in [0.2, 0.25) is 0 Å². The van der Waals surface area contributed by atoms with E-state index in [4.69, 9.17) is 16.3 Å². The highest BCUT2D eigenvalue weighted by Gasteiger charge is 2.24. The Morgan fingerprint density at radius 2 is 2.00 bits per heavy atom. The fourth-order valence-corrected chi connectivity index (χ4v) is 2.63. The number of hydrogen-bond acceptors (Lipinski definition) is 4. The van der Waals surface area contributed by atoms with Crippen molar-refractivity contribution in [3.8, 4) is 0 Å². The first-order valence-corrected chi connectivity index (χ1v) is 7.73. The zero-order valence-corrected chi connectivity index (χ0v) is 13.4. The van der Waals surface area contributed by atoms with Crippen LogP contribution in [0.2, 0.25) is 5.02 Å². The lowest BCUT2D eigenvalue weighted by Gasteiger charge is -2.36. The predicted molar refractivity (Wildman–Crippen MR) is 84.6 cm³/mol.